The van der Waals surface area contributed by atoms with Crippen molar-refractivity contribution in [2.45, 2.75) is 81.7 Å². The lowest BCUT2D eigenvalue weighted by atomic mass is 9.80. The summed E-state index contributed by atoms with van der Waals surface area (Å²) in [6, 6.07) is 37.6. The molecule has 0 bridgehead atoms. The number of pyridine rings is 2. The summed E-state index contributed by atoms with van der Waals surface area (Å²) in [7, 11) is 0. The van der Waals surface area contributed by atoms with Gasteiger partial charge in [0.25, 0.3) is 5.69 Å². The average Bonchev–Trinajstić information content (AvgIpc) is 3.83. The highest BCUT2D eigenvalue weighted by Gasteiger charge is 2.71. The van der Waals surface area contributed by atoms with E-state index in [0.29, 0.717) is 11.8 Å². The zero-order valence-electron chi connectivity index (χ0n) is 29.2. The van der Waals surface area contributed by atoms with Crippen molar-refractivity contribution in [1.82, 2.24) is 9.13 Å². The average molecular weight is 675 g/mol. The summed E-state index contributed by atoms with van der Waals surface area (Å²) in [4.78, 5) is 0. The van der Waals surface area contributed by atoms with Gasteiger partial charge in [-0.05, 0) is 97.2 Å². The zero-order valence-corrected chi connectivity index (χ0v) is 29.2. The molecule has 1 unspecified atom stereocenters. The molecular formula is C47H38N4O+2. The fourth-order valence-electron chi connectivity index (χ4n) is 12.2. The number of rotatable bonds is 2. The van der Waals surface area contributed by atoms with E-state index in [-0.39, 0.29) is 0 Å². The highest BCUT2D eigenvalue weighted by molar-refractivity contribution is 6.13. The van der Waals surface area contributed by atoms with Crippen molar-refractivity contribution < 1.29 is 13.9 Å². The molecule has 4 aromatic heterocycles. The molecule has 2 fully saturated rings. The molecule has 4 aromatic carbocycles. The van der Waals surface area contributed by atoms with Gasteiger partial charge in [-0.3, -0.25) is 0 Å². The molecule has 0 amide bonds. The summed E-state index contributed by atoms with van der Waals surface area (Å²) in [6.07, 6.45) is 13.0. The van der Waals surface area contributed by atoms with Gasteiger partial charge in [-0.25, -0.2) is 0 Å². The molecule has 250 valence electrons. The lowest BCUT2D eigenvalue weighted by Gasteiger charge is -2.37. The van der Waals surface area contributed by atoms with E-state index in [1.54, 1.807) is 5.56 Å². The smallest absolute Gasteiger partial charge is 0.378 e. The molecule has 14 rings (SSSR count). The number of aromatic nitrogens is 4. The molecule has 0 radical (unpaired) electrons. The van der Waals surface area contributed by atoms with E-state index < -0.39 is 5.66 Å². The summed E-state index contributed by atoms with van der Waals surface area (Å²) >= 11 is 0. The molecule has 6 aliphatic rings. The van der Waals surface area contributed by atoms with Gasteiger partial charge < -0.3 is 9.30 Å². The molecule has 2 aliphatic carbocycles. The number of benzene rings is 4. The van der Waals surface area contributed by atoms with Crippen molar-refractivity contribution in [3.05, 3.63) is 119 Å². The molecule has 1 spiro atoms. The Morgan fingerprint density at radius 3 is 2.08 bits per heavy atom. The largest absolute Gasteiger partial charge is 0.404 e. The maximum atomic E-state index is 7.27. The van der Waals surface area contributed by atoms with Crippen molar-refractivity contribution in [1.29, 1.82) is 0 Å². The van der Waals surface area contributed by atoms with Gasteiger partial charge in [-0.2, -0.15) is 4.57 Å². The Hall–Kier alpha value is -5.42. The monoisotopic (exact) mass is 674 g/mol. The van der Waals surface area contributed by atoms with Crippen LogP contribution in [0.2, 0.25) is 0 Å². The molecule has 5 nitrogen and oxygen atoms in total. The Labute approximate surface area is 301 Å². The molecule has 8 heterocycles. The quantitative estimate of drug-likeness (QED) is 0.168. The molecule has 4 aliphatic heterocycles. The van der Waals surface area contributed by atoms with Crippen molar-refractivity contribution in [2.75, 3.05) is 0 Å². The molecule has 0 saturated heterocycles. The van der Waals surface area contributed by atoms with Crippen molar-refractivity contribution >= 4 is 43.7 Å². The van der Waals surface area contributed by atoms with Crippen LogP contribution >= 0.6 is 0 Å². The Kier molecular flexibility index (Phi) is 4.79. The third-order valence-electron chi connectivity index (χ3n) is 14.2. The van der Waals surface area contributed by atoms with Crippen molar-refractivity contribution in [3.8, 4) is 34.4 Å². The summed E-state index contributed by atoms with van der Waals surface area (Å²) in [6.45, 7) is 0. The minimum atomic E-state index is -0.623. The van der Waals surface area contributed by atoms with Gasteiger partial charge in [-0.15, -0.1) is 9.13 Å². The van der Waals surface area contributed by atoms with E-state index in [1.165, 1.54) is 147 Å². The normalized spacial score (nSPS) is 20.8. The van der Waals surface area contributed by atoms with Crippen molar-refractivity contribution in [2.24, 2.45) is 0 Å². The number of hydrogen-bond acceptors (Lipinski definition) is 1. The molecule has 52 heavy (non-hydrogen) atoms. The maximum absolute atomic E-state index is 7.27. The van der Waals surface area contributed by atoms with Gasteiger partial charge in [0.15, 0.2) is 11.4 Å². The summed E-state index contributed by atoms with van der Waals surface area (Å²) in [5.41, 5.74) is 15.4. The Morgan fingerprint density at radius 1 is 0.577 bits per heavy atom. The standard InChI is InChI=1S/C47H38N4O/c1-3-12-27(13-4-1)29-24-38-39-26-33(28-14-5-2-6-15-28)42-32-17-8-10-19-35(32)49-37-21-11-20-36-43(37)47(51(39)46(42)49)44-40(52-41(25-29)50(38)47)23-22-31-30-16-7-9-18-34(30)48(36)45(31)44/h7-11,16-28H,1-6,12-15H2/q+2. The van der Waals surface area contributed by atoms with Gasteiger partial charge >= 0.3 is 17.2 Å². The van der Waals surface area contributed by atoms with Crippen LogP contribution in [0.1, 0.15) is 98.3 Å². The topological polar surface area (TPSA) is 26.8 Å². The second-order valence-corrected chi connectivity index (χ2v) is 16.5. The summed E-state index contributed by atoms with van der Waals surface area (Å²) in [5, 5.41) is 5.41. The maximum Gasteiger partial charge on any atom is 0.378 e. The first-order chi connectivity index (χ1) is 25.8. The van der Waals surface area contributed by atoms with E-state index in [1.807, 2.05) is 0 Å². The van der Waals surface area contributed by atoms with E-state index in [9.17, 15) is 0 Å². The highest BCUT2D eigenvalue weighted by Crippen LogP contribution is 2.58. The predicted molar refractivity (Wildman–Crippen MR) is 204 cm³/mol. The first-order valence-electron chi connectivity index (χ1n) is 19.8. The molecule has 5 heteroatoms. The number of ether oxygens (including phenoxy) is 1. The lowest BCUT2D eigenvalue weighted by molar-refractivity contribution is -0.932. The molecular weight excluding hydrogens is 637 g/mol. The Morgan fingerprint density at radius 2 is 1.27 bits per heavy atom. The first-order valence-corrected chi connectivity index (χ1v) is 19.8. The van der Waals surface area contributed by atoms with Crippen LogP contribution in [-0.2, 0) is 5.66 Å². The zero-order chi connectivity index (χ0) is 33.4. The number of fused-ring (bicyclic) bond motifs is 9. The summed E-state index contributed by atoms with van der Waals surface area (Å²) in [5.74, 6) is 3.10. The second kappa shape index (κ2) is 9.14. The van der Waals surface area contributed by atoms with E-state index in [0.717, 1.165) is 11.6 Å². The van der Waals surface area contributed by atoms with Crippen molar-refractivity contribution in [3.63, 3.8) is 0 Å². The van der Waals surface area contributed by atoms with Gasteiger partial charge in [0.1, 0.15) is 16.6 Å². The molecule has 0 N–H and O–H groups in total. The minimum absolute atomic E-state index is 0.562. The first kappa shape index (κ1) is 27.3. The molecule has 1 atom stereocenters. The minimum Gasteiger partial charge on any atom is -0.404 e. The Balaban J connectivity index is 1.25. The summed E-state index contributed by atoms with van der Waals surface area (Å²) < 4.78 is 17.9. The van der Waals surface area contributed by atoms with Crippen LogP contribution in [0.15, 0.2) is 97.1 Å². The van der Waals surface area contributed by atoms with E-state index in [4.69, 9.17) is 4.74 Å². The highest BCUT2D eigenvalue weighted by atomic mass is 16.5. The van der Waals surface area contributed by atoms with Crippen LogP contribution in [0, 0.1) is 0 Å². The molecule has 8 aromatic rings. The Bertz CT molecular complexity index is 2970. The lowest BCUT2D eigenvalue weighted by Crippen LogP contribution is -2.74. The third-order valence-corrected chi connectivity index (χ3v) is 14.2. The fraction of sp³-hybridized carbons (Fsp3) is 0.277. The van der Waals surface area contributed by atoms with E-state index >= 15 is 0 Å². The van der Waals surface area contributed by atoms with Crippen LogP contribution < -0.4 is 13.9 Å². The van der Waals surface area contributed by atoms with Crippen LogP contribution in [0.4, 0.5) is 0 Å². The van der Waals surface area contributed by atoms with E-state index in [2.05, 4.69) is 115 Å². The van der Waals surface area contributed by atoms with Gasteiger partial charge in [0.2, 0.25) is 5.69 Å². The predicted octanol–water partition coefficient (Wildman–Crippen LogP) is 10.6. The SMILES string of the molecule is c1cc2c3c(c1)-n1c4ccccc4c4c(C5CCCCC5)cc5[n+](c41)C31c3c(ccc4c6ccccc6n-2c34)Oc2cc(C3CCCCC3)cc-5[n+]21. The number of para-hydroxylation sites is 2. The fourth-order valence-corrected chi connectivity index (χ4v) is 12.2. The van der Waals surface area contributed by atoms with Crippen LogP contribution in [-0.4, -0.2) is 9.13 Å². The van der Waals surface area contributed by atoms with Crippen LogP contribution in [0.25, 0.3) is 66.5 Å². The third kappa shape index (κ3) is 2.88. The second-order valence-electron chi connectivity index (χ2n) is 16.5. The van der Waals surface area contributed by atoms with Crippen LogP contribution in [0.5, 0.6) is 11.6 Å². The van der Waals surface area contributed by atoms with Gasteiger partial charge in [0, 0.05) is 22.2 Å². The van der Waals surface area contributed by atoms with Crippen LogP contribution in [0.3, 0.4) is 0 Å². The number of hydrogen-bond donors (Lipinski definition) is 0. The van der Waals surface area contributed by atoms with Gasteiger partial charge in [0.05, 0.1) is 28.2 Å². The van der Waals surface area contributed by atoms with Gasteiger partial charge in [-0.1, -0.05) is 74.9 Å². The molecule has 2 saturated carbocycles. The number of nitrogens with zero attached hydrogens (tertiary/aromatic N) is 4.